The van der Waals surface area contributed by atoms with Gasteiger partial charge in [0.2, 0.25) is 0 Å². The van der Waals surface area contributed by atoms with Gasteiger partial charge in [0.1, 0.15) is 5.82 Å². The van der Waals surface area contributed by atoms with E-state index in [1.165, 1.54) is 0 Å². The van der Waals surface area contributed by atoms with Crippen LogP contribution in [0.3, 0.4) is 0 Å². The summed E-state index contributed by atoms with van der Waals surface area (Å²) < 4.78 is 0. The molecule has 1 aromatic heterocycles. The summed E-state index contributed by atoms with van der Waals surface area (Å²) in [7, 11) is 4.06. The molecule has 0 aromatic carbocycles. The maximum absolute atomic E-state index is 6.29. The molecule has 0 unspecified atom stereocenters. The summed E-state index contributed by atoms with van der Waals surface area (Å²) >= 11 is 6.29. The van der Waals surface area contributed by atoms with E-state index in [2.05, 4.69) is 27.1 Å². The number of piperazine rings is 1. The van der Waals surface area contributed by atoms with E-state index in [0.29, 0.717) is 0 Å². The summed E-state index contributed by atoms with van der Waals surface area (Å²) in [5.74, 6) is 0.916. The molecule has 0 radical (unpaired) electrons. The molecular formula is C12H19ClN4. The van der Waals surface area contributed by atoms with Gasteiger partial charge in [-0.3, -0.25) is 0 Å². The second-order valence-electron chi connectivity index (χ2n) is 4.47. The first kappa shape index (κ1) is 12.6. The van der Waals surface area contributed by atoms with E-state index in [0.717, 1.165) is 49.1 Å². The number of nitrogens with zero attached hydrogens (tertiary/aromatic N) is 3. The van der Waals surface area contributed by atoms with E-state index in [-0.39, 0.29) is 0 Å². The Morgan fingerprint density at radius 1 is 1.35 bits per heavy atom. The molecule has 1 N–H and O–H groups in total. The number of halogens is 1. The van der Waals surface area contributed by atoms with Gasteiger partial charge >= 0.3 is 0 Å². The van der Waals surface area contributed by atoms with E-state index in [9.17, 15) is 0 Å². The number of pyridine rings is 1. The molecule has 4 nitrogen and oxygen atoms in total. The number of rotatable bonds is 3. The van der Waals surface area contributed by atoms with Crippen molar-refractivity contribution in [2.75, 3.05) is 45.2 Å². The minimum absolute atomic E-state index is 0.752. The zero-order chi connectivity index (χ0) is 12.3. The molecule has 1 aliphatic heterocycles. The molecule has 0 spiro atoms. The van der Waals surface area contributed by atoms with E-state index in [1.54, 1.807) is 0 Å². The molecular weight excluding hydrogens is 236 g/mol. The topological polar surface area (TPSA) is 31.4 Å². The molecule has 1 aliphatic rings. The third-order valence-electron chi connectivity index (χ3n) is 3.06. The lowest BCUT2D eigenvalue weighted by Crippen LogP contribution is -2.44. The van der Waals surface area contributed by atoms with Crippen molar-refractivity contribution < 1.29 is 0 Å². The van der Waals surface area contributed by atoms with Crippen molar-refractivity contribution >= 4 is 17.4 Å². The Labute approximate surface area is 108 Å². The van der Waals surface area contributed by atoms with Crippen LogP contribution in [0.4, 0.5) is 5.82 Å². The highest BCUT2D eigenvalue weighted by Crippen LogP contribution is 2.24. The van der Waals surface area contributed by atoms with Gasteiger partial charge in [-0.15, -0.1) is 0 Å². The van der Waals surface area contributed by atoms with Crippen LogP contribution >= 0.6 is 11.6 Å². The Bertz CT molecular complexity index is 375. The van der Waals surface area contributed by atoms with Gasteiger partial charge < -0.3 is 15.1 Å². The highest BCUT2D eigenvalue weighted by atomic mass is 35.5. The molecule has 94 valence electrons. The maximum atomic E-state index is 6.29. The zero-order valence-electron chi connectivity index (χ0n) is 10.4. The predicted molar refractivity (Wildman–Crippen MR) is 71.7 cm³/mol. The molecule has 2 heterocycles. The molecule has 0 aliphatic carbocycles. The lowest BCUT2D eigenvalue weighted by Gasteiger charge is -2.33. The molecule has 0 amide bonds. The second kappa shape index (κ2) is 5.67. The van der Waals surface area contributed by atoms with Crippen LogP contribution in [0.2, 0.25) is 5.02 Å². The van der Waals surface area contributed by atoms with Crippen molar-refractivity contribution in [3.05, 3.63) is 22.8 Å². The van der Waals surface area contributed by atoms with Crippen molar-refractivity contribution in [1.82, 2.24) is 15.2 Å². The fraction of sp³-hybridized carbons (Fsp3) is 0.583. The second-order valence-corrected chi connectivity index (χ2v) is 4.88. The van der Waals surface area contributed by atoms with E-state index in [1.807, 2.05) is 19.3 Å². The number of likely N-dealkylation sites (N-methyl/N-ethyl adjacent to an activating group) is 1. The van der Waals surface area contributed by atoms with Crippen molar-refractivity contribution in [1.29, 1.82) is 0 Å². The molecule has 1 aromatic rings. The first-order valence-electron chi connectivity index (χ1n) is 5.93. The van der Waals surface area contributed by atoms with Gasteiger partial charge in [0, 0.05) is 38.9 Å². The number of hydrogen-bond acceptors (Lipinski definition) is 4. The Morgan fingerprint density at radius 2 is 2.06 bits per heavy atom. The van der Waals surface area contributed by atoms with E-state index >= 15 is 0 Å². The number of nitrogens with one attached hydrogen (secondary N) is 1. The monoisotopic (exact) mass is 254 g/mol. The van der Waals surface area contributed by atoms with Crippen molar-refractivity contribution in [3.63, 3.8) is 0 Å². The summed E-state index contributed by atoms with van der Waals surface area (Å²) in [6.07, 6.45) is 1.90. The summed E-state index contributed by atoms with van der Waals surface area (Å²) in [5.41, 5.74) is 1.12. The van der Waals surface area contributed by atoms with Gasteiger partial charge in [0.05, 0.1) is 5.02 Å². The van der Waals surface area contributed by atoms with Crippen LogP contribution in [0.25, 0.3) is 0 Å². The van der Waals surface area contributed by atoms with Gasteiger partial charge in [-0.25, -0.2) is 4.98 Å². The van der Waals surface area contributed by atoms with Gasteiger partial charge in [0.15, 0.2) is 0 Å². The molecule has 5 heteroatoms. The fourth-order valence-corrected chi connectivity index (χ4v) is 2.33. The number of hydrogen-bond donors (Lipinski definition) is 1. The minimum Gasteiger partial charge on any atom is -0.353 e. The van der Waals surface area contributed by atoms with Crippen LogP contribution < -0.4 is 10.2 Å². The van der Waals surface area contributed by atoms with Gasteiger partial charge in [-0.2, -0.15) is 0 Å². The molecule has 0 atom stereocenters. The standard InChI is InChI=1S/C12H19ClN4/c1-14-8-10-7-11(13)12(15-9-10)17-5-3-16(2)4-6-17/h7,9,14H,3-6,8H2,1-2H3. The Morgan fingerprint density at radius 3 is 2.65 bits per heavy atom. The first-order chi connectivity index (χ1) is 8.20. The average Bonchev–Trinajstić information content (AvgIpc) is 2.31. The summed E-state index contributed by atoms with van der Waals surface area (Å²) in [6.45, 7) is 4.92. The van der Waals surface area contributed by atoms with Crippen LogP contribution in [0.15, 0.2) is 12.3 Å². The quantitative estimate of drug-likeness (QED) is 0.879. The van der Waals surface area contributed by atoms with Crippen LogP contribution in [0.5, 0.6) is 0 Å². The Balaban J connectivity index is 2.10. The highest BCUT2D eigenvalue weighted by Gasteiger charge is 2.17. The highest BCUT2D eigenvalue weighted by molar-refractivity contribution is 6.33. The SMILES string of the molecule is CNCc1cnc(N2CCN(C)CC2)c(Cl)c1. The number of anilines is 1. The van der Waals surface area contributed by atoms with Gasteiger partial charge in [0.25, 0.3) is 0 Å². The lowest BCUT2D eigenvalue weighted by molar-refractivity contribution is 0.312. The molecule has 17 heavy (non-hydrogen) atoms. The zero-order valence-corrected chi connectivity index (χ0v) is 11.2. The van der Waals surface area contributed by atoms with Gasteiger partial charge in [-0.1, -0.05) is 11.6 Å². The van der Waals surface area contributed by atoms with Gasteiger partial charge in [-0.05, 0) is 25.7 Å². The molecule has 2 rings (SSSR count). The first-order valence-corrected chi connectivity index (χ1v) is 6.31. The van der Waals surface area contributed by atoms with Crippen LogP contribution in [-0.4, -0.2) is 50.2 Å². The van der Waals surface area contributed by atoms with Crippen molar-refractivity contribution in [3.8, 4) is 0 Å². The Kier molecular flexibility index (Phi) is 4.20. The average molecular weight is 255 g/mol. The van der Waals surface area contributed by atoms with Crippen molar-refractivity contribution in [2.24, 2.45) is 0 Å². The largest absolute Gasteiger partial charge is 0.353 e. The van der Waals surface area contributed by atoms with Crippen LogP contribution in [0.1, 0.15) is 5.56 Å². The summed E-state index contributed by atoms with van der Waals surface area (Å²) in [4.78, 5) is 9.06. The maximum Gasteiger partial charge on any atom is 0.147 e. The third kappa shape index (κ3) is 3.09. The lowest BCUT2D eigenvalue weighted by atomic mass is 10.2. The van der Waals surface area contributed by atoms with Crippen LogP contribution in [-0.2, 0) is 6.54 Å². The third-order valence-corrected chi connectivity index (χ3v) is 3.34. The molecule has 1 fully saturated rings. The van der Waals surface area contributed by atoms with Crippen molar-refractivity contribution in [2.45, 2.75) is 6.54 Å². The van der Waals surface area contributed by atoms with E-state index in [4.69, 9.17) is 11.6 Å². The summed E-state index contributed by atoms with van der Waals surface area (Å²) in [5, 5.41) is 3.85. The molecule has 0 bridgehead atoms. The molecule has 1 saturated heterocycles. The normalized spacial score (nSPS) is 17.5. The van der Waals surface area contributed by atoms with Crippen LogP contribution in [0, 0.1) is 0 Å². The summed E-state index contributed by atoms with van der Waals surface area (Å²) in [6, 6.07) is 2.00. The fourth-order valence-electron chi connectivity index (χ4n) is 2.02. The number of aromatic nitrogens is 1. The Hall–Kier alpha value is -0.840. The smallest absolute Gasteiger partial charge is 0.147 e. The van der Waals surface area contributed by atoms with E-state index < -0.39 is 0 Å². The predicted octanol–water partition coefficient (Wildman–Crippen LogP) is 1.21. The molecule has 0 saturated carbocycles. The minimum atomic E-state index is 0.752.